The van der Waals surface area contributed by atoms with E-state index >= 15 is 0 Å². The van der Waals surface area contributed by atoms with E-state index in [0.717, 1.165) is 19.3 Å². The lowest BCUT2D eigenvalue weighted by molar-refractivity contribution is 0.597. The van der Waals surface area contributed by atoms with Crippen LogP contribution >= 0.6 is 0 Å². The predicted octanol–water partition coefficient (Wildman–Crippen LogP) is 4.52. The molecule has 0 saturated heterocycles. The average Bonchev–Trinajstić information content (AvgIpc) is 2.36. The third kappa shape index (κ3) is 1.82. The van der Waals surface area contributed by atoms with Crippen molar-refractivity contribution in [3.8, 4) is 6.07 Å². The minimum absolute atomic E-state index is 0.178. The fourth-order valence-corrected chi connectivity index (χ4v) is 3.29. The lowest BCUT2D eigenvalue weighted by atomic mass is 9.72. The van der Waals surface area contributed by atoms with Crippen LogP contribution in [0.5, 0.6) is 0 Å². The van der Waals surface area contributed by atoms with Gasteiger partial charge in [-0.3, -0.25) is 0 Å². The number of fused-ring (bicyclic) bond motifs is 1. The van der Waals surface area contributed by atoms with Crippen LogP contribution in [0.2, 0.25) is 0 Å². The van der Waals surface area contributed by atoms with Gasteiger partial charge in [0.2, 0.25) is 0 Å². The Morgan fingerprint density at radius 1 is 1.12 bits per heavy atom. The van der Waals surface area contributed by atoms with Crippen LogP contribution in [0, 0.1) is 17.2 Å². The summed E-state index contributed by atoms with van der Waals surface area (Å²) in [7, 11) is 0. The molecule has 1 fully saturated rings. The molecule has 2 rings (SSSR count). The Bertz CT molecular complexity index is 379. The van der Waals surface area contributed by atoms with Gasteiger partial charge in [0, 0.05) is 0 Å². The van der Waals surface area contributed by atoms with Crippen molar-refractivity contribution >= 4 is 0 Å². The summed E-state index contributed by atoms with van der Waals surface area (Å²) in [5.74, 6) is 0.178. The maximum Gasteiger partial charge on any atom is 0.0715 e. The summed E-state index contributed by atoms with van der Waals surface area (Å²) < 4.78 is 0. The van der Waals surface area contributed by atoms with Crippen LogP contribution in [-0.2, 0) is 0 Å². The molecule has 0 aromatic heterocycles. The normalized spacial score (nSPS) is 25.4. The molecule has 1 saturated carbocycles. The van der Waals surface area contributed by atoms with Gasteiger partial charge in [-0.15, -0.1) is 0 Å². The predicted molar refractivity (Wildman–Crippen MR) is 66.8 cm³/mol. The molecule has 0 aromatic rings. The molecule has 0 bridgehead atoms. The smallest absolute Gasteiger partial charge is 0.0715 e. The molecule has 0 aliphatic heterocycles. The molecule has 0 amide bonds. The molecule has 0 radical (unpaired) electrons. The van der Waals surface area contributed by atoms with Crippen LogP contribution in [-0.4, -0.2) is 0 Å². The first-order chi connectivity index (χ1) is 7.81. The van der Waals surface area contributed by atoms with E-state index in [1.54, 1.807) is 16.7 Å². The molecule has 16 heavy (non-hydrogen) atoms. The molecule has 0 N–H and O–H groups in total. The molecule has 1 atom stereocenters. The van der Waals surface area contributed by atoms with E-state index < -0.39 is 0 Å². The summed E-state index contributed by atoms with van der Waals surface area (Å²) in [6.07, 6.45) is 8.35. The first-order valence-electron chi connectivity index (χ1n) is 6.64. The monoisotopic (exact) mass is 215 g/mol. The minimum atomic E-state index is 0.178. The zero-order valence-corrected chi connectivity index (χ0v) is 10.5. The molecule has 1 unspecified atom stereocenters. The van der Waals surface area contributed by atoms with Crippen LogP contribution in [0.15, 0.2) is 22.3 Å². The summed E-state index contributed by atoms with van der Waals surface area (Å²) >= 11 is 0. The Morgan fingerprint density at radius 2 is 1.81 bits per heavy atom. The maximum atomic E-state index is 9.29. The zero-order chi connectivity index (χ0) is 11.5. The van der Waals surface area contributed by atoms with Crippen LogP contribution < -0.4 is 0 Å². The van der Waals surface area contributed by atoms with Gasteiger partial charge >= 0.3 is 0 Å². The van der Waals surface area contributed by atoms with E-state index in [9.17, 15) is 5.26 Å². The first kappa shape index (κ1) is 11.5. The Hall–Kier alpha value is -1.03. The molecule has 1 heteroatoms. The fraction of sp³-hybridized carbons (Fsp3) is 0.667. The largest absolute Gasteiger partial charge is 0.198 e. The van der Waals surface area contributed by atoms with Crippen molar-refractivity contribution < 1.29 is 0 Å². The molecule has 2 aliphatic carbocycles. The molecule has 0 spiro atoms. The van der Waals surface area contributed by atoms with Crippen molar-refractivity contribution in [2.45, 2.75) is 58.8 Å². The first-order valence-corrected chi connectivity index (χ1v) is 6.64. The van der Waals surface area contributed by atoms with E-state index in [1.165, 1.54) is 31.3 Å². The second-order valence-electron chi connectivity index (χ2n) is 4.89. The van der Waals surface area contributed by atoms with E-state index in [4.69, 9.17) is 0 Å². The van der Waals surface area contributed by atoms with Crippen molar-refractivity contribution in [3.63, 3.8) is 0 Å². The van der Waals surface area contributed by atoms with Crippen molar-refractivity contribution in [3.05, 3.63) is 22.3 Å². The lowest BCUT2D eigenvalue weighted by Crippen LogP contribution is -2.17. The van der Waals surface area contributed by atoms with Gasteiger partial charge in [0.1, 0.15) is 0 Å². The zero-order valence-electron chi connectivity index (χ0n) is 10.5. The topological polar surface area (TPSA) is 23.8 Å². The van der Waals surface area contributed by atoms with Gasteiger partial charge in [-0.2, -0.15) is 5.26 Å². The van der Waals surface area contributed by atoms with Crippen LogP contribution in [0.3, 0.4) is 0 Å². The third-order valence-electron chi connectivity index (χ3n) is 4.12. The van der Waals surface area contributed by atoms with Gasteiger partial charge in [-0.05, 0) is 61.7 Å². The van der Waals surface area contributed by atoms with Gasteiger partial charge in [-0.1, -0.05) is 19.4 Å². The molecule has 2 aliphatic rings. The van der Waals surface area contributed by atoms with Crippen molar-refractivity contribution in [1.82, 2.24) is 0 Å². The van der Waals surface area contributed by atoms with Gasteiger partial charge in [-0.25, -0.2) is 0 Å². The van der Waals surface area contributed by atoms with Crippen molar-refractivity contribution in [2.24, 2.45) is 5.92 Å². The fourth-order valence-electron chi connectivity index (χ4n) is 3.29. The highest BCUT2D eigenvalue weighted by Crippen LogP contribution is 2.43. The molecular weight excluding hydrogens is 194 g/mol. The van der Waals surface area contributed by atoms with E-state index in [2.05, 4.69) is 19.9 Å². The molecular formula is C15H21N. The van der Waals surface area contributed by atoms with E-state index in [1.807, 2.05) is 0 Å². The molecule has 0 aromatic carbocycles. The Kier molecular flexibility index (Phi) is 3.49. The third-order valence-corrected chi connectivity index (χ3v) is 4.12. The van der Waals surface area contributed by atoms with E-state index in [-0.39, 0.29) is 5.92 Å². The van der Waals surface area contributed by atoms with Crippen LogP contribution in [0.25, 0.3) is 0 Å². The summed E-state index contributed by atoms with van der Waals surface area (Å²) in [5.41, 5.74) is 6.23. The van der Waals surface area contributed by atoms with Gasteiger partial charge in [0.05, 0.1) is 12.0 Å². The molecule has 86 valence electrons. The number of hydrogen-bond acceptors (Lipinski definition) is 1. The second kappa shape index (κ2) is 4.87. The van der Waals surface area contributed by atoms with Gasteiger partial charge in [0.15, 0.2) is 0 Å². The Balaban J connectivity index is 2.46. The maximum absolute atomic E-state index is 9.29. The SMILES string of the molecule is CCC1=C2CCCCC2=C(CC)C(C#N)C1. The summed E-state index contributed by atoms with van der Waals surface area (Å²) in [4.78, 5) is 0. The highest BCUT2D eigenvalue weighted by Gasteiger charge is 2.28. The highest BCUT2D eigenvalue weighted by atomic mass is 14.4. The lowest BCUT2D eigenvalue weighted by Gasteiger charge is -2.32. The number of rotatable bonds is 2. The molecule has 1 nitrogen and oxygen atoms in total. The minimum Gasteiger partial charge on any atom is -0.198 e. The standard InChI is InChI=1S/C15H21N/c1-3-11-9-12(10-16)13(4-2)15-8-6-5-7-14(11)15/h12H,3-9H2,1-2H3. The van der Waals surface area contributed by atoms with Crippen molar-refractivity contribution in [2.75, 3.05) is 0 Å². The highest BCUT2D eigenvalue weighted by molar-refractivity contribution is 5.46. The molecule has 0 heterocycles. The summed E-state index contributed by atoms with van der Waals surface area (Å²) in [6.45, 7) is 4.44. The van der Waals surface area contributed by atoms with Crippen LogP contribution in [0.4, 0.5) is 0 Å². The summed E-state index contributed by atoms with van der Waals surface area (Å²) in [5, 5.41) is 9.29. The van der Waals surface area contributed by atoms with Crippen LogP contribution in [0.1, 0.15) is 58.8 Å². The van der Waals surface area contributed by atoms with Gasteiger partial charge in [0.25, 0.3) is 0 Å². The Labute approximate surface area is 98.9 Å². The Morgan fingerprint density at radius 3 is 2.38 bits per heavy atom. The van der Waals surface area contributed by atoms with Gasteiger partial charge < -0.3 is 0 Å². The van der Waals surface area contributed by atoms with Crippen molar-refractivity contribution in [1.29, 1.82) is 5.26 Å². The summed E-state index contributed by atoms with van der Waals surface area (Å²) in [6, 6.07) is 2.51. The second-order valence-corrected chi connectivity index (χ2v) is 4.89. The quantitative estimate of drug-likeness (QED) is 0.664. The number of allylic oxidation sites excluding steroid dienone is 4. The average molecular weight is 215 g/mol. The van der Waals surface area contributed by atoms with E-state index in [0.29, 0.717) is 0 Å². The number of nitrogens with zero attached hydrogens (tertiary/aromatic N) is 1. The number of nitriles is 1. The number of hydrogen-bond donors (Lipinski definition) is 0.